The van der Waals surface area contributed by atoms with Gasteiger partial charge < -0.3 is 23.9 Å². The van der Waals surface area contributed by atoms with Crippen LogP contribution in [0.15, 0.2) is 40.9 Å². The van der Waals surface area contributed by atoms with Gasteiger partial charge in [-0.05, 0) is 45.4 Å². The van der Waals surface area contributed by atoms with E-state index in [-0.39, 0.29) is 56.4 Å². The molecule has 0 aliphatic rings. The van der Waals surface area contributed by atoms with Crippen LogP contribution in [0.2, 0.25) is 0 Å². The van der Waals surface area contributed by atoms with E-state index in [1.807, 2.05) is 0 Å². The molecule has 43 heavy (non-hydrogen) atoms. The number of hydrogen-bond donors (Lipinski definition) is 1. The number of nitrogens with one attached hydrogen (secondary N) is 1. The number of ketones is 1. The van der Waals surface area contributed by atoms with Gasteiger partial charge in [-0.25, -0.2) is 14.2 Å². The Kier molecular flexibility index (Phi) is 8.59. The number of benzene rings is 2. The van der Waals surface area contributed by atoms with Crippen molar-refractivity contribution in [2.24, 2.45) is 0 Å². The largest absolute Gasteiger partial charge is 0.496 e. The molecule has 1 N–H and O–H groups in total. The van der Waals surface area contributed by atoms with Crippen molar-refractivity contribution in [1.82, 2.24) is 4.98 Å². The Balaban J connectivity index is 1.93. The normalized spacial score (nSPS) is 11.3. The van der Waals surface area contributed by atoms with Gasteiger partial charge in [-0.2, -0.15) is 0 Å². The maximum atomic E-state index is 15.6. The lowest BCUT2D eigenvalue weighted by Crippen LogP contribution is -2.34. The van der Waals surface area contributed by atoms with Crippen LogP contribution in [0.4, 0.5) is 32.1 Å². The predicted octanol–water partition coefficient (Wildman–Crippen LogP) is 6.05. The average Bonchev–Trinajstić information content (AvgIpc) is 3.31. The number of fused-ring (bicyclic) bond motifs is 1. The van der Waals surface area contributed by atoms with E-state index in [0.29, 0.717) is 5.56 Å². The lowest BCUT2D eigenvalue weighted by atomic mass is 10.0. The van der Waals surface area contributed by atoms with E-state index >= 15 is 4.39 Å². The molecular formula is C29H30FN4O8P. The highest BCUT2D eigenvalue weighted by Crippen LogP contribution is 2.39. The van der Waals surface area contributed by atoms with Gasteiger partial charge in [-0.3, -0.25) is 19.8 Å². The first kappa shape index (κ1) is 31.2. The molecule has 12 nitrogen and oxygen atoms in total. The second kappa shape index (κ2) is 11.8. The van der Waals surface area contributed by atoms with Gasteiger partial charge in [-0.15, -0.1) is 9.24 Å². The van der Waals surface area contributed by atoms with E-state index in [4.69, 9.17) is 18.6 Å². The summed E-state index contributed by atoms with van der Waals surface area (Å²) in [5.41, 5.74) is -0.570. The topological polar surface area (TPSA) is 146 Å². The number of nitrogens with zero attached hydrogens (tertiary/aromatic N) is 3. The molecule has 0 aliphatic carbocycles. The highest BCUT2D eigenvalue weighted by Gasteiger charge is 2.33. The smallest absolute Gasteiger partial charge is 0.414 e. The highest BCUT2D eigenvalue weighted by molar-refractivity contribution is 7.28. The van der Waals surface area contributed by atoms with E-state index in [9.17, 15) is 19.7 Å². The average molecular weight is 613 g/mol. The minimum absolute atomic E-state index is 0.0382. The van der Waals surface area contributed by atoms with Crippen molar-refractivity contribution >= 4 is 60.3 Å². The molecule has 226 valence electrons. The number of ether oxygens (including phenoxy) is 3. The summed E-state index contributed by atoms with van der Waals surface area (Å²) in [7, 11) is 6.25. The molecule has 4 rings (SSSR count). The van der Waals surface area contributed by atoms with Crippen molar-refractivity contribution in [2.75, 3.05) is 31.5 Å². The fourth-order valence-corrected chi connectivity index (χ4v) is 4.74. The van der Waals surface area contributed by atoms with Crippen LogP contribution in [0.3, 0.4) is 0 Å². The van der Waals surface area contributed by atoms with Gasteiger partial charge in [0.05, 0.1) is 36.3 Å². The molecule has 1 amide bonds. The van der Waals surface area contributed by atoms with Crippen LogP contribution in [-0.4, -0.2) is 48.7 Å². The Bertz CT molecular complexity index is 1740. The Morgan fingerprint density at radius 2 is 1.81 bits per heavy atom. The van der Waals surface area contributed by atoms with Crippen molar-refractivity contribution in [3.63, 3.8) is 0 Å². The quantitative estimate of drug-likeness (QED) is 0.108. The Morgan fingerprint density at radius 1 is 1.14 bits per heavy atom. The molecule has 14 heteroatoms. The Morgan fingerprint density at radius 3 is 2.42 bits per heavy atom. The first-order chi connectivity index (χ1) is 20.2. The zero-order valence-corrected chi connectivity index (χ0v) is 25.7. The first-order valence-corrected chi connectivity index (χ1v) is 13.4. The number of hydrogen-bond acceptors (Lipinski definition) is 10. The summed E-state index contributed by atoms with van der Waals surface area (Å²) in [6.07, 6.45) is 0.463. The van der Waals surface area contributed by atoms with Gasteiger partial charge in [0.15, 0.2) is 22.9 Å². The van der Waals surface area contributed by atoms with Gasteiger partial charge in [0.25, 0.3) is 5.69 Å². The predicted molar refractivity (Wildman–Crippen MR) is 162 cm³/mol. The maximum absolute atomic E-state index is 15.6. The van der Waals surface area contributed by atoms with E-state index < -0.39 is 33.8 Å². The van der Waals surface area contributed by atoms with Gasteiger partial charge in [0.1, 0.15) is 28.5 Å². The molecule has 1 unspecified atom stereocenters. The number of carbonyl (C=O) groups excluding carboxylic acids is 2. The van der Waals surface area contributed by atoms with Crippen LogP contribution in [0, 0.1) is 22.9 Å². The summed E-state index contributed by atoms with van der Waals surface area (Å²) in [6, 6.07) is 7.40. The van der Waals surface area contributed by atoms with Crippen molar-refractivity contribution in [3.8, 4) is 11.5 Å². The number of aryl methyl sites for hydroxylation is 1. The molecule has 2 aromatic heterocycles. The summed E-state index contributed by atoms with van der Waals surface area (Å²) in [6.45, 7) is 6.76. The minimum atomic E-state index is -0.961. The number of furan rings is 1. The molecule has 0 saturated heterocycles. The van der Waals surface area contributed by atoms with E-state index in [0.717, 1.165) is 4.90 Å². The van der Waals surface area contributed by atoms with E-state index in [1.165, 1.54) is 51.7 Å². The lowest BCUT2D eigenvalue weighted by molar-refractivity contribution is -0.384. The monoisotopic (exact) mass is 612 g/mol. The number of rotatable bonds is 8. The Labute approximate surface area is 248 Å². The molecule has 0 saturated carbocycles. The number of nitro benzene ring substituents is 1. The molecule has 0 radical (unpaired) electrons. The molecule has 1 atom stereocenters. The van der Waals surface area contributed by atoms with Crippen molar-refractivity contribution in [3.05, 3.63) is 69.3 Å². The molecule has 0 spiro atoms. The number of methoxy groups -OCH3 is 2. The third kappa shape index (κ3) is 6.21. The third-order valence-corrected chi connectivity index (χ3v) is 6.84. The van der Waals surface area contributed by atoms with Crippen LogP contribution in [0.1, 0.15) is 42.5 Å². The zero-order valence-electron chi connectivity index (χ0n) is 24.5. The summed E-state index contributed by atoms with van der Waals surface area (Å²) < 4.78 is 37.4. The molecule has 0 fully saturated rings. The summed E-state index contributed by atoms with van der Waals surface area (Å²) in [5.74, 6) is -2.18. The van der Waals surface area contributed by atoms with Crippen LogP contribution >= 0.6 is 9.24 Å². The van der Waals surface area contributed by atoms with Crippen LogP contribution in [0.5, 0.6) is 11.5 Å². The minimum Gasteiger partial charge on any atom is -0.496 e. The molecule has 0 aliphatic heterocycles. The summed E-state index contributed by atoms with van der Waals surface area (Å²) in [5, 5.41) is 14.9. The standard InChI is InChI=1S/C29H30FN4O8P/c1-14-8-9-16(17(10-14)34(37)38)32-21-11-15-20(13-31-21)41-26(24(15)33(5)28(36)42-29(2,3)4)25(35)22-23(30)18(39-6)12-19(40-7)27(22)43/h8-13H,43H2,1-7H3,(H,31,32). The molecule has 2 aromatic carbocycles. The SMILES string of the molecule is COc1cc(OC)c(P)c(C(=O)c2oc3cnc(Nc4ccc(C)cc4[N+](=O)[O-])cc3c2N(C)C(=O)OC(C)(C)C)c1F. The molecular weight excluding hydrogens is 582 g/mol. The third-order valence-electron chi connectivity index (χ3n) is 6.27. The van der Waals surface area contributed by atoms with Crippen molar-refractivity contribution in [2.45, 2.75) is 33.3 Å². The number of pyridine rings is 1. The summed E-state index contributed by atoms with van der Waals surface area (Å²) >= 11 is 0. The number of aromatic nitrogens is 1. The second-order valence-electron chi connectivity index (χ2n) is 10.5. The molecule has 4 aromatic rings. The van der Waals surface area contributed by atoms with Crippen LogP contribution < -0.4 is 25.0 Å². The second-order valence-corrected chi connectivity index (χ2v) is 11.1. The van der Waals surface area contributed by atoms with Crippen molar-refractivity contribution < 1.29 is 37.5 Å². The van der Waals surface area contributed by atoms with E-state index in [1.54, 1.807) is 33.8 Å². The van der Waals surface area contributed by atoms with Gasteiger partial charge >= 0.3 is 6.09 Å². The lowest BCUT2D eigenvalue weighted by Gasteiger charge is -2.24. The van der Waals surface area contributed by atoms with Gasteiger partial charge in [0.2, 0.25) is 5.78 Å². The number of nitro groups is 1. The fraction of sp³-hybridized carbons (Fsp3) is 0.276. The fourth-order valence-electron chi connectivity index (χ4n) is 4.28. The number of halogens is 1. The Hall–Kier alpha value is -4.77. The molecule has 2 heterocycles. The number of carbonyl (C=O) groups is 2. The van der Waals surface area contributed by atoms with Crippen molar-refractivity contribution in [1.29, 1.82) is 0 Å². The first-order valence-electron chi connectivity index (χ1n) is 12.8. The highest BCUT2D eigenvalue weighted by atomic mass is 31.0. The van der Waals surface area contributed by atoms with Gasteiger partial charge in [0, 0.05) is 24.5 Å². The van der Waals surface area contributed by atoms with Gasteiger partial charge in [-0.1, -0.05) is 6.07 Å². The number of amides is 1. The van der Waals surface area contributed by atoms with Crippen LogP contribution in [-0.2, 0) is 4.74 Å². The molecule has 0 bridgehead atoms. The van der Waals surface area contributed by atoms with Crippen LogP contribution in [0.25, 0.3) is 11.0 Å². The number of anilines is 3. The summed E-state index contributed by atoms with van der Waals surface area (Å²) in [4.78, 5) is 43.7. The zero-order chi connectivity index (χ0) is 31.8. The maximum Gasteiger partial charge on any atom is 0.414 e. The van der Waals surface area contributed by atoms with E-state index in [2.05, 4.69) is 19.5 Å².